The van der Waals surface area contributed by atoms with E-state index in [4.69, 9.17) is 23.2 Å². The summed E-state index contributed by atoms with van der Waals surface area (Å²) >= 11 is 11.8. The second kappa shape index (κ2) is 6.38. The van der Waals surface area contributed by atoms with Crippen molar-refractivity contribution in [1.82, 2.24) is 4.90 Å². The number of hydrogen-bond donors (Lipinski definition) is 0. The van der Waals surface area contributed by atoms with Crippen molar-refractivity contribution in [2.24, 2.45) is 0 Å². The summed E-state index contributed by atoms with van der Waals surface area (Å²) in [5.41, 5.74) is 0.385. The molecular formula is C14H15Cl2NO3S. The lowest BCUT2D eigenvalue weighted by Gasteiger charge is -2.27. The van der Waals surface area contributed by atoms with Gasteiger partial charge in [-0.25, -0.2) is 8.42 Å². The first-order valence-electron chi connectivity index (χ1n) is 6.41. The van der Waals surface area contributed by atoms with Crippen molar-refractivity contribution in [2.45, 2.75) is 12.5 Å². The van der Waals surface area contributed by atoms with Crippen LogP contribution in [0.3, 0.4) is 0 Å². The number of benzene rings is 1. The summed E-state index contributed by atoms with van der Waals surface area (Å²) in [6.45, 7) is 3.92. The van der Waals surface area contributed by atoms with Crippen LogP contribution in [0.4, 0.5) is 0 Å². The number of halogens is 2. The van der Waals surface area contributed by atoms with E-state index >= 15 is 0 Å². The third-order valence-corrected chi connectivity index (χ3v) is 5.89. The molecule has 1 fully saturated rings. The zero-order valence-corrected chi connectivity index (χ0v) is 13.6. The summed E-state index contributed by atoms with van der Waals surface area (Å²) in [7, 11) is -3.06. The lowest BCUT2D eigenvalue weighted by Crippen LogP contribution is -2.41. The van der Waals surface area contributed by atoms with Gasteiger partial charge in [-0.3, -0.25) is 4.79 Å². The van der Waals surface area contributed by atoms with Crippen molar-refractivity contribution in [2.75, 3.05) is 18.1 Å². The molecule has 1 aromatic rings. The largest absolute Gasteiger partial charge is 0.331 e. The van der Waals surface area contributed by atoms with Gasteiger partial charge in [-0.2, -0.15) is 0 Å². The summed E-state index contributed by atoms with van der Waals surface area (Å²) in [5, 5.41) is 0.659. The molecule has 0 aliphatic carbocycles. The van der Waals surface area contributed by atoms with E-state index in [9.17, 15) is 13.2 Å². The quantitative estimate of drug-likeness (QED) is 0.787. The number of hydrogen-bond acceptors (Lipinski definition) is 3. The Hall–Kier alpha value is -1.04. The Kier molecular flexibility index (Phi) is 4.96. The fraction of sp³-hybridized carbons (Fsp3) is 0.357. The Morgan fingerprint density at radius 1 is 1.38 bits per heavy atom. The predicted molar refractivity (Wildman–Crippen MR) is 84.8 cm³/mol. The van der Waals surface area contributed by atoms with Gasteiger partial charge in [0.2, 0.25) is 0 Å². The number of rotatable bonds is 4. The molecule has 1 amide bonds. The van der Waals surface area contributed by atoms with Gasteiger partial charge >= 0.3 is 0 Å². The van der Waals surface area contributed by atoms with Gasteiger partial charge in [-0.05, 0) is 24.6 Å². The molecule has 0 spiro atoms. The standard InChI is InChI=1S/C14H15Cl2NO3S/c1-2-6-17(11-5-7-21(19,20)9-11)14(18)10-3-4-12(15)13(16)8-10/h2-4,8,11H,1,5-7,9H2/t11-/m1/s1. The van der Waals surface area contributed by atoms with Crippen molar-refractivity contribution in [3.05, 3.63) is 46.5 Å². The maximum atomic E-state index is 12.6. The van der Waals surface area contributed by atoms with Crippen molar-refractivity contribution < 1.29 is 13.2 Å². The molecule has 0 aromatic heterocycles. The minimum absolute atomic E-state index is 0.00605. The fourth-order valence-corrected chi connectivity index (χ4v) is 4.38. The lowest BCUT2D eigenvalue weighted by molar-refractivity contribution is 0.0720. The topological polar surface area (TPSA) is 54.5 Å². The van der Waals surface area contributed by atoms with Crippen LogP contribution in [0.15, 0.2) is 30.9 Å². The van der Waals surface area contributed by atoms with E-state index in [-0.39, 0.29) is 23.5 Å². The van der Waals surface area contributed by atoms with E-state index < -0.39 is 9.84 Å². The molecule has 2 rings (SSSR count). The normalized spacial score (nSPS) is 20.2. The monoisotopic (exact) mass is 347 g/mol. The van der Waals surface area contributed by atoms with Crippen molar-refractivity contribution >= 4 is 38.9 Å². The van der Waals surface area contributed by atoms with Crippen molar-refractivity contribution in [1.29, 1.82) is 0 Å². The molecule has 21 heavy (non-hydrogen) atoms. The molecule has 4 nitrogen and oxygen atoms in total. The molecule has 1 aromatic carbocycles. The van der Waals surface area contributed by atoms with Gasteiger partial charge in [0.15, 0.2) is 9.84 Å². The third-order valence-electron chi connectivity index (χ3n) is 3.40. The first-order chi connectivity index (χ1) is 9.84. The minimum Gasteiger partial charge on any atom is -0.331 e. The predicted octanol–water partition coefficient (Wildman–Crippen LogP) is 2.81. The summed E-state index contributed by atoms with van der Waals surface area (Å²) < 4.78 is 23.2. The average molecular weight is 348 g/mol. The molecule has 0 N–H and O–H groups in total. The highest BCUT2D eigenvalue weighted by Gasteiger charge is 2.34. The SMILES string of the molecule is C=CCN(C(=O)c1ccc(Cl)c(Cl)c1)[C@@H]1CCS(=O)(=O)C1. The molecule has 0 saturated carbocycles. The van der Waals surface area contributed by atoms with Crippen LogP contribution >= 0.6 is 23.2 Å². The zero-order chi connectivity index (χ0) is 15.6. The van der Waals surface area contributed by atoms with E-state index in [1.54, 1.807) is 18.2 Å². The van der Waals surface area contributed by atoms with Gasteiger partial charge in [0.1, 0.15) is 0 Å². The number of carbonyl (C=O) groups is 1. The lowest BCUT2D eigenvalue weighted by atomic mass is 10.1. The Labute approximate surface area is 134 Å². The van der Waals surface area contributed by atoms with Gasteiger partial charge in [-0.15, -0.1) is 6.58 Å². The molecule has 0 radical (unpaired) electrons. The fourth-order valence-electron chi connectivity index (χ4n) is 2.35. The van der Waals surface area contributed by atoms with E-state index in [2.05, 4.69) is 6.58 Å². The van der Waals surface area contributed by atoms with E-state index in [0.717, 1.165) is 0 Å². The molecular weight excluding hydrogens is 333 g/mol. The highest BCUT2D eigenvalue weighted by molar-refractivity contribution is 7.91. The summed E-state index contributed by atoms with van der Waals surface area (Å²) in [4.78, 5) is 14.1. The summed E-state index contributed by atoms with van der Waals surface area (Å²) in [6, 6.07) is 4.30. The molecule has 1 aliphatic rings. The Morgan fingerprint density at radius 2 is 2.10 bits per heavy atom. The number of nitrogens with zero attached hydrogens (tertiary/aromatic N) is 1. The molecule has 114 valence electrons. The first-order valence-corrected chi connectivity index (χ1v) is 8.99. The smallest absolute Gasteiger partial charge is 0.254 e. The first kappa shape index (κ1) is 16.3. The van der Waals surface area contributed by atoms with Crippen LogP contribution in [0, 0.1) is 0 Å². The van der Waals surface area contributed by atoms with Gasteiger partial charge in [0.25, 0.3) is 5.91 Å². The maximum absolute atomic E-state index is 12.6. The van der Waals surface area contributed by atoms with E-state index in [0.29, 0.717) is 28.6 Å². The highest BCUT2D eigenvalue weighted by Crippen LogP contribution is 2.25. The highest BCUT2D eigenvalue weighted by atomic mass is 35.5. The van der Waals surface area contributed by atoms with Gasteiger partial charge in [0, 0.05) is 18.2 Å². The van der Waals surface area contributed by atoms with E-state index in [1.807, 2.05) is 0 Å². The molecule has 0 bridgehead atoms. The second-order valence-electron chi connectivity index (χ2n) is 4.93. The second-order valence-corrected chi connectivity index (χ2v) is 7.98. The average Bonchev–Trinajstić information content (AvgIpc) is 2.78. The Bertz CT molecular complexity index is 673. The minimum atomic E-state index is -3.06. The molecule has 1 atom stereocenters. The third kappa shape index (κ3) is 3.78. The van der Waals surface area contributed by atoms with Gasteiger partial charge in [-0.1, -0.05) is 29.3 Å². The van der Waals surface area contributed by atoms with Crippen LogP contribution < -0.4 is 0 Å². The van der Waals surface area contributed by atoms with Crippen LogP contribution in [-0.4, -0.2) is 43.3 Å². The maximum Gasteiger partial charge on any atom is 0.254 e. The Morgan fingerprint density at radius 3 is 2.62 bits per heavy atom. The van der Waals surface area contributed by atoms with Crippen molar-refractivity contribution in [3.8, 4) is 0 Å². The zero-order valence-electron chi connectivity index (χ0n) is 11.3. The van der Waals surface area contributed by atoms with Crippen LogP contribution in [-0.2, 0) is 9.84 Å². The molecule has 1 saturated heterocycles. The van der Waals surface area contributed by atoms with Gasteiger partial charge < -0.3 is 4.90 Å². The van der Waals surface area contributed by atoms with E-state index in [1.165, 1.54) is 11.0 Å². The number of carbonyl (C=O) groups excluding carboxylic acids is 1. The molecule has 0 unspecified atom stereocenters. The van der Waals surface area contributed by atoms with Gasteiger partial charge in [0.05, 0.1) is 21.6 Å². The number of sulfone groups is 1. The molecule has 1 heterocycles. The van der Waals surface area contributed by atoms with Crippen LogP contribution in [0.1, 0.15) is 16.8 Å². The summed E-state index contributed by atoms with van der Waals surface area (Å²) in [6.07, 6.45) is 2.03. The van der Waals surface area contributed by atoms with Crippen LogP contribution in [0.2, 0.25) is 10.0 Å². The van der Waals surface area contributed by atoms with Crippen molar-refractivity contribution in [3.63, 3.8) is 0 Å². The van der Waals surface area contributed by atoms with Crippen LogP contribution in [0.25, 0.3) is 0 Å². The molecule has 7 heteroatoms. The Balaban J connectivity index is 2.27. The summed E-state index contributed by atoms with van der Waals surface area (Å²) in [5.74, 6) is -0.163. The van der Waals surface area contributed by atoms with Crippen LogP contribution in [0.5, 0.6) is 0 Å². The molecule has 1 aliphatic heterocycles. The number of amides is 1.